The number of hydrogen-bond acceptors (Lipinski definition) is 1. The van der Waals surface area contributed by atoms with Crippen LogP contribution in [0.25, 0.3) is 22.2 Å². The lowest BCUT2D eigenvalue weighted by Crippen LogP contribution is -1.90. The van der Waals surface area contributed by atoms with Crippen LogP contribution in [0.4, 0.5) is 0 Å². The Labute approximate surface area is 135 Å². The number of phenolic OH excluding ortho intramolecular Hbond substituents is 1. The molecule has 4 aromatic rings. The summed E-state index contributed by atoms with van der Waals surface area (Å²) in [5.41, 5.74) is 5.40. The molecular weight excluding hydrogens is 282 g/mol. The summed E-state index contributed by atoms with van der Waals surface area (Å²) in [5, 5.41) is 11.5. The third-order valence-electron chi connectivity index (χ3n) is 4.21. The van der Waals surface area contributed by atoms with E-state index < -0.39 is 0 Å². The van der Waals surface area contributed by atoms with Crippen LogP contribution in [-0.2, 0) is 6.42 Å². The highest BCUT2D eigenvalue weighted by Crippen LogP contribution is 2.36. The van der Waals surface area contributed by atoms with E-state index in [1.165, 1.54) is 16.5 Å². The predicted molar refractivity (Wildman–Crippen MR) is 94.6 cm³/mol. The van der Waals surface area contributed by atoms with Gasteiger partial charge in [0, 0.05) is 22.9 Å². The van der Waals surface area contributed by atoms with Gasteiger partial charge in [-0.1, -0.05) is 60.7 Å². The molecule has 0 amide bonds. The first-order valence-corrected chi connectivity index (χ1v) is 7.75. The molecular formula is C21H17NO. The van der Waals surface area contributed by atoms with Gasteiger partial charge in [-0.3, -0.25) is 0 Å². The van der Waals surface area contributed by atoms with Crippen LogP contribution in [0.5, 0.6) is 5.75 Å². The maximum Gasteiger partial charge on any atom is 0.124 e. The maximum absolute atomic E-state index is 10.3. The number of nitrogens with one attached hydrogen (secondary N) is 1. The summed E-state index contributed by atoms with van der Waals surface area (Å²) in [7, 11) is 0. The number of hydrogen-bond donors (Lipinski definition) is 2. The topological polar surface area (TPSA) is 36.0 Å². The van der Waals surface area contributed by atoms with Crippen molar-refractivity contribution in [1.29, 1.82) is 0 Å². The summed E-state index contributed by atoms with van der Waals surface area (Å²) in [4.78, 5) is 3.48. The number of H-pyrrole nitrogens is 1. The van der Waals surface area contributed by atoms with E-state index in [2.05, 4.69) is 47.4 Å². The van der Waals surface area contributed by atoms with Crippen LogP contribution in [0, 0.1) is 0 Å². The lowest BCUT2D eigenvalue weighted by atomic mass is 9.98. The fraction of sp³-hybridized carbons (Fsp3) is 0.0476. The Balaban J connectivity index is 1.93. The van der Waals surface area contributed by atoms with Crippen molar-refractivity contribution in [3.63, 3.8) is 0 Å². The van der Waals surface area contributed by atoms with Crippen molar-refractivity contribution in [1.82, 2.24) is 4.98 Å². The second-order valence-electron chi connectivity index (χ2n) is 5.70. The van der Waals surface area contributed by atoms with Crippen LogP contribution >= 0.6 is 0 Å². The summed E-state index contributed by atoms with van der Waals surface area (Å²) in [6, 6.07) is 26.2. The second kappa shape index (κ2) is 5.65. The molecule has 0 unspecified atom stereocenters. The van der Waals surface area contributed by atoms with Gasteiger partial charge in [-0.2, -0.15) is 0 Å². The number of phenols is 1. The Bertz CT molecular complexity index is 954. The SMILES string of the molecule is Oc1ccccc1-c1[nH]c2ccccc2c1Cc1ccccc1. The minimum absolute atomic E-state index is 0.299. The van der Waals surface area contributed by atoms with Gasteiger partial charge in [0.25, 0.3) is 0 Å². The number of rotatable bonds is 3. The van der Waals surface area contributed by atoms with Crippen molar-refractivity contribution < 1.29 is 5.11 Å². The molecule has 0 radical (unpaired) electrons. The Hall–Kier alpha value is -3.00. The molecule has 2 N–H and O–H groups in total. The van der Waals surface area contributed by atoms with E-state index >= 15 is 0 Å². The van der Waals surface area contributed by atoms with E-state index in [4.69, 9.17) is 0 Å². The van der Waals surface area contributed by atoms with E-state index in [0.717, 1.165) is 23.2 Å². The van der Waals surface area contributed by atoms with Crippen LogP contribution in [-0.4, -0.2) is 10.1 Å². The van der Waals surface area contributed by atoms with Crippen LogP contribution in [0.3, 0.4) is 0 Å². The van der Waals surface area contributed by atoms with Crippen LogP contribution < -0.4 is 0 Å². The van der Waals surface area contributed by atoms with E-state index in [1.807, 2.05) is 30.3 Å². The lowest BCUT2D eigenvalue weighted by Gasteiger charge is -2.07. The van der Waals surface area contributed by atoms with Gasteiger partial charge in [-0.15, -0.1) is 0 Å². The number of aromatic amines is 1. The predicted octanol–water partition coefficient (Wildman–Crippen LogP) is 5.13. The Morgan fingerprint density at radius 1 is 0.739 bits per heavy atom. The van der Waals surface area contributed by atoms with Gasteiger partial charge in [-0.05, 0) is 29.3 Å². The van der Waals surface area contributed by atoms with Crippen molar-refractivity contribution in [2.45, 2.75) is 6.42 Å². The molecule has 1 aromatic heterocycles. The normalized spacial score (nSPS) is 11.0. The zero-order chi connectivity index (χ0) is 15.6. The molecule has 112 valence electrons. The summed E-state index contributed by atoms with van der Waals surface area (Å²) in [6.07, 6.45) is 0.828. The average Bonchev–Trinajstić information content (AvgIpc) is 2.95. The molecule has 0 bridgehead atoms. The fourth-order valence-electron chi connectivity index (χ4n) is 3.10. The Morgan fingerprint density at radius 2 is 1.43 bits per heavy atom. The highest BCUT2D eigenvalue weighted by atomic mass is 16.3. The van der Waals surface area contributed by atoms with E-state index in [-0.39, 0.29) is 0 Å². The van der Waals surface area contributed by atoms with Crippen molar-refractivity contribution in [3.8, 4) is 17.0 Å². The number of fused-ring (bicyclic) bond motifs is 1. The standard InChI is InChI=1S/C21H17NO/c23-20-13-7-5-11-17(20)21-18(14-15-8-2-1-3-9-15)16-10-4-6-12-19(16)22-21/h1-13,22-23H,14H2. The number of para-hydroxylation sites is 2. The molecule has 0 aliphatic rings. The zero-order valence-corrected chi connectivity index (χ0v) is 12.7. The molecule has 0 aliphatic heterocycles. The Kier molecular flexibility index (Phi) is 3.35. The molecule has 4 rings (SSSR count). The lowest BCUT2D eigenvalue weighted by molar-refractivity contribution is 0.477. The number of benzene rings is 3. The molecule has 0 fully saturated rings. The van der Waals surface area contributed by atoms with Gasteiger partial charge in [0.1, 0.15) is 5.75 Å². The largest absolute Gasteiger partial charge is 0.507 e. The smallest absolute Gasteiger partial charge is 0.124 e. The van der Waals surface area contributed by atoms with Crippen molar-refractivity contribution >= 4 is 10.9 Å². The van der Waals surface area contributed by atoms with Gasteiger partial charge in [0.2, 0.25) is 0 Å². The first kappa shape index (κ1) is 13.6. The van der Waals surface area contributed by atoms with Crippen LogP contribution in [0.15, 0.2) is 78.9 Å². The van der Waals surface area contributed by atoms with Crippen molar-refractivity contribution in [3.05, 3.63) is 90.0 Å². The van der Waals surface area contributed by atoms with Gasteiger partial charge < -0.3 is 10.1 Å². The third kappa shape index (κ3) is 2.49. The van der Waals surface area contributed by atoms with Gasteiger partial charge >= 0.3 is 0 Å². The molecule has 3 aromatic carbocycles. The fourth-order valence-corrected chi connectivity index (χ4v) is 3.10. The molecule has 0 atom stereocenters. The first-order chi connectivity index (χ1) is 11.3. The minimum Gasteiger partial charge on any atom is -0.507 e. The van der Waals surface area contributed by atoms with Crippen LogP contribution in [0.1, 0.15) is 11.1 Å². The molecule has 0 aliphatic carbocycles. The zero-order valence-electron chi connectivity index (χ0n) is 12.7. The van der Waals surface area contributed by atoms with E-state index in [0.29, 0.717) is 5.75 Å². The van der Waals surface area contributed by atoms with Crippen molar-refractivity contribution in [2.75, 3.05) is 0 Å². The van der Waals surface area contributed by atoms with Crippen LogP contribution in [0.2, 0.25) is 0 Å². The highest BCUT2D eigenvalue weighted by Gasteiger charge is 2.15. The quantitative estimate of drug-likeness (QED) is 0.540. The second-order valence-corrected chi connectivity index (χ2v) is 5.70. The highest BCUT2D eigenvalue weighted by molar-refractivity contribution is 5.92. The van der Waals surface area contributed by atoms with Gasteiger partial charge in [0.05, 0.1) is 5.69 Å². The summed E-state index contributed by atoms with van der Waals surface area (Å²) in [5.74, 6) is 0.299. The average molecular weight is 299 g/mol. The summed E-state index contributed by atoms with van der Waals surface area (Å²) >= 11 is 0. The molecule has 0 saturated heterocycles. The summed E-state index contributed by atoms with van der Waals surface area (Å²) in [6.45, 7) is 0. The van der Waals surface area contributed by atoms with Crippen molar-refractivity contribution in [2.24, 2.45) is 0 Å². The van der Waals surface area contributed by atoms with E-state index in [9.17, 15) is 5.11 Å². The number of aromatic nitrogens is 1. The molecule has 0 spiro atoms. The van der Waals surface area contributed by atoms with E-state index in [1.54, 1.807) is 6.07 Å². The summed E-state index contributed by atoms with van der Waals surface area (Å²) < 4.78 is 0. The monoisotopic (exact) mass is 299 g/mol. The minimum atomic E-state index is 0.299. The molecule has 23 heavy (non-hydrogen) atoms. The molecule has 1 heterocycles. The maximum atomic E-state index is 10.3. The molecule has 2 heteroatoms. The third-order valence-corrected chi connectivity index (χ3v) is 4.21. The Morgan fingerprint density at radius 3 is 2.26 bits per heavy atom. The molecule has 0 saturated carbocycles. The number of aromatic hydroxyl groups is 1. The van der Waals surface area contributed by atoms with Gasteiger partial charge in [-0.25, -0.2) is 0 Å². The van der Waals surface area contributed by atoms with Gasteiger partial charge in [0.15, 0.2) is 0 Å². The first-order valence-electron chi connectivity index (χ1n) is 7.75. The molecule has 2 nitrogen and oxygen atoms in total.